The fourth-order valence-electron chi connectivity index (χ4n) is 3.74. The molecule has 8 heteroatoms. The maximum Gasteiger partial charge on any atom is 0.191 e. The standard InChI is InChI=1S/C23H35N5O2.HI/c1-4-20(5-2)22-14-21(30-27-22)16-26-23(24-3)25-15-18-7-6-8-19(13-18)17-28-9-11-29-12-10-28;/h6-8,13-14,20H,4-5,9-12,15-17H2,1-3H3,(H2,24,25,26);1H. The van der Waals surface area contributed by atoms with Gasteiger partial charge in [0.05, 0.1) is 25.5 Å². The van der Waals surface area contributed by atoms with Crippen molar-refractivity contribution in [3.63, 3.8) is 0 Å². The van der Waals surface area contributed by atoms with E-state index in [9.17, 15) is 0 Å². The first-order valence-electron chi connectivity index (χ1n) is 11.0. The van der Waals surface area contributed by atoms with Gasteiger partial charge in [-0.1, -0.05) is 43.3 Å². The summed E-state index contributed by atoms with van der Waals surface area (Å²) in [6, 6.07) is 10.8. The summed E-state index contributed by atoms with van der Waals surface area (Å²) in [5.41, 5.74) is 3.60. The molecular formula is C23H36IN5O2. The highest BCUT2D eigenvalue weighted by Gasteiger charge is 2.13. The number of rotatable bonds is 9. The zero-order chi connectivity index (χ0) is 21.2. The average molecular weight is 541 g/mol. The summed E-state index contributed by atoms with van der Waals surface area (Å²) in [5.74, 6) is 2.03. The Morgan fingerprint density at radius 2 is 1.81 bits per heavy atom. The second-order valence-corrected chi connectivity index (χ2v) is 7.72. The molecule has 2 N–H and O–H groups in total. The zero-order valence-corrected chi connectivity index (χ0v) is 21.2. The Kier molecular flexibility index (Phi) is 11.3. The quantitative estimate of drug-likeness (QED) is 0.285. The molecule has 172 valence electrons. The zero-order valence-electron chi connectivity index (χ0n) is 18.9. The van der Waals surface area contributed by atoms with E-state index in [1.807, 2.05) is 6.07 Å². The Hall–Kier alpha value is -1.65. The molecule has 7 nitrogen and oxygen atoms in total. The Morgan fingerprint density at radius 3 is 2.52 bits per heavy atom. The van der Waals surface area contributed by atoms with Crippen molar-refractivity contribution < 1.29 is 9.26 Å². The van der Waals surface area contributed by atoms with Crippen LogP contribution in [0.1, 0.15) is 55.2 Å². The number of benzene rings is 1. The predicted molar refractivity (Wildman–Crippen MR) is 135 cm³/mol. The monoisotopic (exact) mass is 541 g/mol. The van der Waals surface area contributed by atoms with Gasteiger partial charge in [-0.25, -0.2) is 0 Å². The van der Waals surface area contributed by atoms with Gasteiger partial charge in [0.15, 0.2) is 11.7 Å². The van der Waals surface area contributed by atoms with Crippen LogP contribution in [0.15, 0.2) is 39.8 Å². The van der Waals surface area contributed by atoms with E-state index in [1.165, 1.54) is 11.1 Å². The maximum atomic E-state index is 5.49. The molecule has 0 spiro atoms. The summed E-state index contributed by atoms with van der Waals surface area (Å²) >= 11 is 0. The Bertz CT molecular complexity index is 801. The number of ether oxygens (including phenoxy) is 1. The van der Waals surface area contributed by atoms with Crippen LogP contribution in [0.25, 0.3) is 0 Å². The van der Waals surface area contributed by atoms with E-state index in [2.05, 4.69) is 63.8 Å². The number of nitrogens with zero attached hydrogens (tertiary/aromatic N) is 3. The molecule has 3 rings (SSSR count). The molecule has 0 unspecified atom stereocenters. The molecule has 2 heterocycles. The number of halogens is 1. The van der Waals surface area contributed by atoms with Crippen LogP contribution < -0.4 is 10.6 Å². The molecule has 1 aliphatic heterocycles. The minimum atomic E-state index is 0. The van der Waals surface area contributed by atoms with Gasteiger partial charge in [0.2, 0.25) is 0 Å². The van der Waals surface area contributed by atoms with Gasteiger partial charge >= 0.3 is 0 Å². The lowest BCUT2D eigenvalue weighted by molar-refractivity contribution is 0.0342. The fourth-order valence-corrected chi connectivity index (χ4v) is 3.74. The third-order valence-corrected chi connectivity index (χ3v) is 5.60. The van der Waals surface area contributed by atoms with Crippen molar-refractivity contribution in [2.45, 2.75) is 52.2 Å². The van der Waals surface area contributed by atoms with Crippen LogP contribution in [0.4, 0.5) is 0 Å². The highest BCUT2D eigenvalue weighted by molar-refractivity contribution is 14.0. The van der Waals surface area contributed by atoms with Crippen LogP contribution in [-0.4, -0.2) is 49.4 Å². The fraction of sp³-hybridized carbons (Fsp3) is 0.565. The molecule has 0 radical (unpaired) electrons. The summed E-state index contributed by atoms with van der Waals surface area (Å²) in [5, 5.41) is 10.9. The molecule has 1 aliphatic rings. The summed E-state index contributed by atoms with van der Waals surface area (Å²) in [7, 11) is 1.78. The maximum absolute atomic E-state index is 5.49. The first-order valence-corrected chi connectivity index (χ1v) is 11.0. The number of morpholine rings is 1. The third kappa shape index (κ3) is 8.08. The number of guanidine groups is 1. The first-order chi connectivity index (χ1) is 14.7. The van der Waals surface area contributed by atoms with E-state index in [1.54, 1.807) is 7.05 Å². The molecule has 2 aromatic rings. The summed E-state index contributed by atoms with van der Waals surface area (Å²) in [6.07, 6.45) is 2.15. The van der Waals surface area contributed by atoms with Gasteiger partial charge in [0, 0.05) is 45.2 Å². The molecule has 1 aromatic carbocycles. The molecule has 0 amide bonds. The van der Waals surface area contributed by atoms with Gasteiger partial charge in [-0.15, -0.1) is 24.0 Å². The highest BCUT2D eigenvalue weighted by atomic mass is 127. The van der Waals surface area contributed by atoms with Gasteiger partial charge < -0.3 is 19.9 Å². The van der Waals surface area contributed by atoms with Crippen LogP contribution in [0.2, 0.25) is 0 Å². The molecule has 0 atom stereocenters. The molecule has 1 aromatic heterocycles. The van der Waals surface area contributed by atoms with Crippen molar-refractivity contribution in [2.75, 3.05) is 33.4 Å². The summed E-state index contributed by atoms with van der Waals surface area (Å²) in [4.78, 5) is 6.75. The molecular weight excluding hydrogens is 505 g/mol. The van der Waals surface area contributed by atoms with Gasteiger partial charge in [0.25, 0.3) is 0 Å². The van der Waals surface area contributed by atoms with E-state index in [0.29, 0.717) is 19.0 Å². The second-order valence-electron chi connectivity index (χ2n) is 7.72. The van der Waals surface area contributed by atoms with Crippen molar-refractivity contribution in [3.05, 3.63) is 52.9 Å². The third-order valence-electron chi connectivity index (χ3n) is 5.60. The second kappa shape index (κ2) is 13.7. The molecule has 0 bridgehead atoms. The van der Waals surface area contributed by atoms with E-state index in [-0.39, 0.29) is 24.0 Å². The van der Waals surface area contributed by atoms with Crippen molar-refractivity contribution in [3.8, 4) is 0 Å². The van der Waals surface area contributed by atoms with E-state index >= 15 is 0 Å². The normalized spacial score (nSPS) is 15.0. The minimum Gasteiger partial charge on any atom is -0.379 e. The first kappa shape index (κ1) is 25.6. The van der Waals surface area contributed by atoms with Gasteiger partial charge in [-0.2, -0.15) is 0 Å². The topological polar surface area (TPSA) is 74.9 Å². The Morgan fingerprint density at radius 1 is 1.10 bits per heavy atom. The van der Waals surface area contributed by atoms with Crippen LogP contribution in [0.5, 0.6) is 0 Å². The highest BCUT2D eigenvalue weighted by Crippen LogP contribution is 2.22. The largest absolute Gasteiger partial charge is 0.379 e. The van der Waals surface area contributed by atoms with Gasteiger partial charge in [-0.05, 0) is 24.0 Å². The van der Waals surface area contributed by atoms with Crippen LogP contribution in [0, 0.1) is 0 Å². The van der Waals surface area contributed by atoms with E-state index < -0.39 is 0 Å². The van der Waals surface area contributed by atoms with Crippen molar-refractivity contribution in [1.29, 1.82) is 0 Å². The van der Waals surface area contributed by atoms with Gasteiger partial charge in [-0.3, -0.25) is 9.89 Å². The lowest BCUT2D eigenvalue weighted by Gasteiger charge is -2.26. The van der Waals surface area contributed by atoms with E-state index in [0.717, 1.165) is 63.1 Å². The molecule has 1 saturated heterocycles. The SMILES string of the molecule is CCC(CC)c1cc(CNC(=NC)NCc2cccc(CN3CCOCC3)c2)on1.I. The summed E-state index contributed by atoms with van der Waals surface area (Å²) < 4.78 is 10.9. The Labute approximate surface area is 203 Å². The number of aromatic nitrogens is 1. The average Bonchev–Trinajstić information content (AvgIpc) is 3.24. The van der Waals surface area contributed by atoms with Crippen LogP contribution in [-0.2, 0) is 24.4 Å². The van der Waals surface area contributed by atoms with Crippen molar-refractivity contribution in [2.24, 2.45) is 4.99 Å². The van der Waals surface area contributed by atoms with E-state index in [4.69, 9.17) is 9.26 Å². The lowest BCUT2D eigenvalue weighted by Crippen LogP contribution is -2.36. The smallest absolute Gasteiger partial charge is 0.191 e. The molecule has 0 saturated carbocycles. The number of hydrogen-bond acceptors (Lipinski definition) is 5. The van der Waals surface area contributed by atoms with Crippen LogP contribution in [0.3, 0.4) is 0 Å². The molecule has 1 fully saturated rings. The van der Waals surface area contributed by atoms with Crippen molar-refractivity contribution >= 4 is 29.9 Å². The number of hydrogen-bond donors (Lipinski definition) is 2. The lowest BCUT2D eigenvalue weighted by atomic mass is 9.99. The summed E-state index contributed by atoms with van der Waals surface area (Å²) in [6.45, 7) is 10.3. The minimum absolute atomic E-state index is 0. The van der Waals surface area contributed by atoms with Gasteiger partial charge in [0.1, 0.15) is 0 Å². The predicted octanol–water partition coefficient (Wildman–Crippen LogP) is 3.89. The number of nitrogens with one attached hydrogen (secondary N) is 2. The van der Waals surface area contributed by atoms with Crippen LogP contribution >= 0.6 is 24.0 Å². The Balaban J connectivity index is 0.00000341. The number of aliphatic imine (C=N–C) groups is 1. The van der Waals surface area contributed by atoms with Crippen molar-refractivity contribution in [1.82, 2.24) is 20.7 Å². The molecule has 31 heavy (non-hydrogen) atoms. The molecule has 0 aliphatic carbocycles.